The normalized spacial score (nSPS) is 19.6. The van der Waals surface area contributed by atoms with Crippen LogP contribution in [0.25, 0.3) is 0 Å². The first kappa shape index (κ1) is 14.9. The molecule has 0 amide bonds. The molecular formula is C13H28O2. The Morgan fingerprint density at radius 1 is 0.867 bits per heavy atom. The molecule has 2 N–H and O–H groups in total. The van der Waals surface area contributed by atoms with Crippen molar-refractivity contribution in [1.29, 1.82) is 0 Å². The standard InChI is InChI=1S/C13H28O2/c1-5-7-13(15)11(3)9-6-8-10(2)12(4)14/h10-15H,5-9H2,1-4H3. The molecule has 0 saturated heterocycles. The van der Waals surface area contributed by atoms with Crippen LogP contribution < -0.4 is 0 Å². The van der Waals surface area contributed by atoms with Gasteiger partial charge in [0.25, 0.3) is 0 Å². The maximum Gasteiger partial charge on any atom is 0.0565 e. The predicted octanol–water partition coefficient (Wildman–Crippen LogP) is 2.97. The summed E-state index contributed by atoms with van der Waals surface area (Å²) in [5.74, 6) is 0.770. The quantitative estimate of drug-likeness (QED) is 0.655. The van der Waals surface area contributed by atoms with Crippen molar-refractivity contribution in [2.24, 2.45) is 11.8 Å². The Hall–Kier alpha value is -0.0800. The Kier molecular flexibility index (Phi) is 8.07. The first-order valence-electron chi connectivity index (χ1n) is 6.35. The van der Waals surface area contributed by atoms with Gasteiger partial charge in [0.2, 0.25) is 0 Å². The molecule has 15 heavy (non-hydrogen) atoms. The molecule has 92 valence electrons. The molecular weight excluding hydrogens is 188 g/mol. The van der Waals surface area contributed by atoms with Crippen LogP contribution in [0.3, 0.4) is 0 Å². The van der Waals surface area contributed by atoms with Gasteiger partial charge in [-0.25, -0.2) is 0 Å². The minimum absolute atomic E-state index is 0.142. The van der Waals surface area contributed by atoms with Gasteiger partial charge in [-0.05, 0) is 38.0 Å². The van der Waals surface area contributed by atoms with Gasteiger partial charge >= 0.3 is 0 Å². The highest BCUT2D eigenvalue weighted by Gasteiger charge is 2.14. The molecule has 0 rings (SSSR count). The maximum atomic E-state index is 9.74. The highest BCUT2D eigenvalue weighted by Crippen LogP contribution is 2.19. The molecule has 0 spiro atoms. The molecule has 0 aliphatic rings. The number of hydrogen-bond acceptors (Lipinski definition) is 2. The van der Waals surface area contributed by atoms with E-state index in [1.54, 1.807) is 0 Å². The summed E-state index contributed by atoms with van der Waals surface area (Å²) in [7, 11) is 0. The molecule has 0 radical (unpaired) electrons. The van der Waals surface area contributed by atoms with Crippen molar-refractivity contribution >= 4 is 0 Å². The Labute approximate surface area is 94.7 Å². The summed E-state index contributed by atoms with van der Waals surface area (Å²) in [6.45, 7) is 8.15. The summed E-state index contributed by atoms with van der Waals surface area (Å²) in [6.07, 6.45) is 4.84. The fraction of sp³-hybridized carbons (Fsp3) is 1.00. The minimum atomic E-state index is -0.208. The van der Waals surface area contributed by atoms with Gasteiger partial charge in [0.1, 0.15) is 0 Å². The number of aliphatic hydroxyl groups is 2. The molecule has 2 heteroatoms. The molecule has 0 saturated carbocycles. The largest absolute Gasteiger partial charge is 0.393 e. The van der Waals surface area contributed by atoms with Crippen LogP contribution in [0.4, 0.5) is 0 Å². The van der Waals surface area contributed by atoms with Gasteiger partial charge in [-0.2, -0.15) is 0 Å². The minimum Gasteiger partial charge on any atom is -0.393 e. The summed E-state index contributed by atoms with van der Waals surface area (Å²) in [6, 6.07) is 0. The molecule has 4 unspecified atom stereocenters. The van der Waals surface area contributed by atoms with E-state index in [-0.39, 0.29) is 12.2 Å². The molecule has 0 aliphatic heterocycles. The van der Waals surface area contributed by atoms with E-state index >= 15 is 0 Å². The van der Waals surface area contributed by atoms with Gasteiger partial charge in [0, 0.05) is 0 Å². The third kappa shape index (κ3) is 6.91. The molecule has 2 nitrogen and oxygen atoms in total. The number of rotatable bonds is 8. The molecule has 4 atom stereocenters. The van der Waals surface area contributed by atoms with Crippen LogP contribution in [0.2, 0.25) is 0 Å². The second kappa shape index (κ2) is 8.12. The van der Waals surface area contributed by atoms with E-state index in [1.165, 1.54) is 0 Å². The zero-order valence-corrected chi connectivity index (χ0v) is 10.7. The second-order valence-electron chi connectivity index (χ2n) is 4.98. The van der Waals surface area contributed by atoms with E-state index < -0.39 is 0 Å². The molecule has 0 bridgehead atoms. The van der Waals surface area contributed by atoms with E-state index in [9.17, 15) is 10.2 Å². The van der Waals surface area contributed by atoms with E-state index in [0.29, 0.717) is 11.8 Å². The zero-order valence-electron chi connectivity index (χ0n) is 10.7. The average Bonchev–Trinajstić information content (AvgIpc) is 2.17. The van der Waals surface area contributed by atoms with Gasteiger partial charge in [0.15, 0.2) is 0 Å². The van der Waals surface area contributed by atoms with Crippen LogP contribution in [0, 0.1) is 11.8 Å². The Morgan fingerprint density at radius 3 is 1.87 bits per heavy atom. The SMILES string of the molecule is CCCC(O)C(C)CCCC(C)C(C)O. The lowest BCUT2D eigenvalue weighted by molar-refractivity contribution is 0.0950. The predicted molar refractivity (Wildman–Crippen MR) is 64.8 cm³/mol. The van der Waals surface area contributed by atoms with Gasteiger partial charge < -0.3 is 10.2 Å². The van der Waals surface area contributed by atoms with Crippen molar-refractivity contribution in [3.8, 4) is 0 Å². The van der Waals surface area contributed by atoms with Crippen LogP contribution in [-0.2, 0) is 0 Å². The summed E-state index contributed by atoms with van der Waals surface area (Å²) in [5.41, 5.74) is 0. The van der Waals surface area contributed by atoms with Crippen molar-refractivity contribution in [2.75, 3.05) is 0 Å². The lowest BCUT2D eigenvalue weighted by atomic mass is 9.91. The molecule has 0 aromatic rings. The summed E-state index contributed by atoms with van der Waals surface area (Å²) >= 11 is 0. The van der Waals surface area contributed by atoms with Gasteiger partial charge in [0.05, 0.1) is 12.2 Å². The van der Waals surface area contributed by atoms with Crippen molar-refractivity contribution < 1.29 is 10.2 Å². The van der Waals surface area contributed by atoms with Gasteiger partial charge in [-0.15, -0.1) is 0 Å². The number of hydrogen-bond donors (Lipinski definition) is 2. The van der Waals surface area contributed by atoms with Crippen molar-refractivity contribution in [3.63, 3.8) is 0 Å². The number of aliphatic hydroxyl groups excluding tert-OH is 2. The Balaban J connectivity index is 3.58. The van der Waals surface area contributed by atoms with Crippen molar-refractivity contribution in [1.82, 2.24) is 0 Å². The molecule has 0 fully saturated rings. The molecule has 0 aliphatic carbocycles. The van der Waals surface area contributed by atoms with E-state index in [0.717, 1.165) is 32.1 Å². The fourth-order valence-corrected chi connectivity index (χ4v) is 1.78. The fourth-order valence-electron chi connectivity index (χ4n) is 1.78. The zero-order chi connectivity index (χ0) is 11.8. The third-order valence-corrected chi connectivity index (χ3v) is 3.38. The first-order chi connectivity index (χ1) is 6.99. The van der Waals surface area contributed by atoms with E-state index in [2.05, 4.69) is 20.8 Å². The molecule has 0 heterocycles. The van der Waals surface area contributed by atoms with E-state index in [4.69, 9.17) is 0 Å². The highest BCUT2D eigenvalue weighted by atomic mass is 16.3. The smallest absolute Gasteiger partial charge is 0.0565 e. The van der Waals surface area contributed by atoms with Crippen LogP contribution in [0.15, 0.2) is 0 Å². The van der Waals surface area contributed by atoms with Crippen molar-refractivity contribution in [2.45, 2.75) is 72.0 Å². The highest BCUT2D eigenvalue weighted by molar-refractivity contribution is 4.66. The Bertz CT molecular complexity index is 145. The van der Waals surface area contributed by atoms with Crippen LogP contribution in [0.1, 0.15) is 59.8 Å². The topological polar surface area (TPSA) is 40.5 Å². The first-order valence-corrected chi connectivity index (χ1v) is 6.35. The summed E-state index contributed by atoms with van der Waals surface area (Å²) in [5, 5.41) is 19.1. The lowest BCUT2D eigenvalue weighted by Gasteiger charge is -2.20. The van der Waals surface area contributed by atoms with Crippen LogP contribution in [0.5, 0.6) is 0 Å². The molecule has 0 aromatic carbocycles. The van der Waals surface area contributed by atoms with Gasteiger partial charge in [-0.3, -0.25) is 0 Å². The second-order valence-corrected chi connectivity index (χ2v) is 4.98. The summed E-state index contributed by atoms with van der Waals surface area (Å²) in [4.78, 5) is 0. The Morgan fingerprint density at radius 2 is 1.40 bits per heavy atom. The monoisotopic (exact) mass is 216 g/mol. The lowest BCUT2D eigenvalue weighted by Crippen LogP contribution is -2.18. The third-order valence-electron chi connectivity index (χ3n) is 3.38. The van der Waals surface area contributed by atoms with Crippen molar-refractivity contribution in [3.05, 3.63) is 0 Å². The van der Waals surface area contributed by atoms with Crippen LogP contribution in [-0.4, -0.2) is 22.4 Å². The van der Waals surface area contributed by atoms with Gasteiger partial charge in [-0.1, -0.05) is 33.6 Å². The van der Waals surface area contributed by atoms with E-state index in [1.807, 2.05) is 6.92 Å². The molecule has 0 aromatic heterocycles. The average molecular weight is 216 g/mol. The van der Waals surface area contributed by atoms with Crippen LogP contribution >= 0.6 is 0 Å². The maximum absolute atomic E-state index is 9.74. The summed E-state index contributed by atoms with van der Waals surface area (Å²) < 4.78 is 0.